The van der Waals surface area contributed by atoms with Crippen molar-refractivity contribution in [3.63, 3.8) is 0 Å². The zero-order valence-electron chi connectivity index (χ0n) is 12.7. The first-order valence-corrected chi connectivity index (χ1v) is 8.52. The Morgan fingerprint density at radius 3 is 2.92 bits per heavy atom. The fraction of sp³-hybridized carbons (Fsp3) is 0.375. The molecular formula is C16H15F3N4S. The number of aromatic nitrogens is 3. The number of fused-ring (bicyclic) bond motifs is 1. The lowest BCUT2D eigenvalue weighted by atomic mass is 10.2. The average molecular weight is 352 g/mol. The lowest BCUT2D eigenvalue weighted by Gasteiger charge is -2.24. The van der Waals surface area contributed by atoms with E-state index in [-0.39, 0.29) is 0 Å². The molecule has 0 aliphatic carbocycles. The van der Waals surface area contributed by atoms with Gasteiger partial charge in [0.2, 0.25) is 0 Å². The summed E-state index contributed by atoms with van der Waals surface area (Å²) in [4.78, 5) is 10.7. The second-order valence-corrected chi connectivity index (χ2v) is 6.93. The molecule has 24 heavy (non-hydrogen) atoms. The highest BCUT2D eigenvalue weighted by atomic mass is 32.1. The van der Waals surface area contributed by atoms with E-state index < -0.39 is 11.7 Å². The minimum Gasteiger partial charge on any atom is -0.343 e. The number of halogens is 3. The molecule has 1 aliphatic rings. The summed E-state index contributed by atoms with van der Waals surface area (Å²) < 4.78 is 41.4. The molecule has 0 radical (unpaired) electrons. The van der Waals surface area contributed by atoms with Crippen molar-refractivity contribution >= 4 is 26.7 Å². The van der Waals surface area contributed by atoms with E-state index in [1.165, 1.54) is 17.4 Å². The SMILES string of the molecule is FC(F)(F)c1ccc2sc(N3CCCC3Cn3ccnc3)nc2c1. The number of nitrogens with zero attached hydrogens (tertiary/aromatic N) is 4. The van der Waals surface area contributed by atoms with Crippen LogP contribution < -0.4 is 4.90 Å². The van der Waals surface area contributed by atoms with Crippen LogP contribution in [0.4, 0.5) is 18.3 Å². The Morgan fingerprint density at radius 1 is 1.29 bits per heavy atom. The summed E-state index contributed by atoms with van der Waals surface area (Å²) in [5, 5.41) is 0.798. The molecule has 1 aliphatic heterocycles. The largest absolute Gasteiger partial charge is 0.416 e. The van der Waals surface area contributed by atoms with Gasteiger partial charge < -0.3 is 9.47 Å². The maximum absolute atomic E-state index is 12.9. The summed E-state index contributed by atoms with van der Waals surface area (Å²) in [6.45, 7) is 1.69. The van der Waals surface area contributed by atoms with Crippen molar-refractivity contribution in [1.82, 2.24) is 14.5 Å². The lowest BCUT2D eigenvalue weighted by molar-refractivity contribution is -0.137. The summed E-state index contributed by atoms with van der Waals surface area (Å²) in [5.74, 6) is 0. The summed E-state index contributed by atoms with van der Waals surface area (Å²) in [5.41, 5.74) is -0.235. The van der Waals surface area contributed by atoms with Crippen molar-refractivity contribution in [2.75, 3.05) is 11.4 Å². The quantitative estimate of drug-likeness (QED) is 0.709. The molecule has 0 N–H and O–H groups in total. The van der Waals surface area contributed by atoms with Crippen LogP contribution in [0.5, 0.6) is 0 Å². The monoisotopic (exact) mass is 352 g/mol. The van der Waals surface area contributed by atoms with Crippen molar-refractivity contribution in [3.8, 4) is 0 Å². The molecule has 1 aromatic carbocycles. The zero-order chi connectivity index (χ0) is 16.7. The molecule has 1 unspecified atom stereocenters. The minimum atomic E-state index is -4.34. The molecule has 1 fully saturated rings. The van der Waals surface area contributed by atoms with E-state index >= 15 is 0 Å². The van der Waals surface area contributed by atoms with Gasteiger partial charge >= 0.3 is 6.18 Å². The van der Waals surface area contributed by atoms with E-state index in [1.807, 2.05) is 10.8 Å². The third-order valence-corrected chi connectivity index (χ3v) is 5.38. The Balaban J connectivity index is 1.63. The van der Waals surface area contributed by atoms with E-state index in [9.17, 15) is 13.2 Å². The Morgan fingerprint density at radius 2 is 2.17 bits per heavy atom. The lowest BCUT2D eigenvalue weighted by Crippen LogP contribution is -2.32. The number of benzene rings is 1. The predicted molar refractivity (Wildman–Crippen MR) is 87.2 cm³/mol. The predicted octanol–water partition coefficient (Wildman–Crippen LogP) is 4.18. The summed E-state index contributed by atoms with van der Waals surface area (Å²) in [6, 6.07) is 4.06. The van der Waals surface area contributed by atoms with Crippen molar-refractivity contribution in [1.29, 1.82) is 0 Å². The van der Waals surface area contributed by atoms with Crippen LogP contribution in [0, 0.1) is 0 Å². The second kappa shape index (κ2) is 5.77. The second-order valence-electron chi connectivity index (χ2n) is 5.93. The first kappa shape index (κ1) is 15.4. The molecule has 0 amide bonds. The number of thiazole rings is 1. The number of hydrogen-bond acceptors (Lipinski definition) is 4. The summed E-state index contributed by atoms with van der Waals surface area (Å²) >= 11 is 1.45. The number of anilines is 1. The van der Waals surface area contributed by atoms with Gasteiger partial charge in [-0.2, -0.15) is 13.2 Å². The molecule has 126 valence electrons. The van der Waals surface area contributed by atoms with Gasteiger partial charge in [-0.15, -0.1) is 0 Å². The minimum absolute atomic E-state index is 0.293. The Labute approximate surface area is 140 Å². The molecule has 4 nitrogen and oxygen atoms in total. The van der Waals surface area contributed by atoms with E-state index in [2.05, 4.69) is 14.9 Å². The molecule has 1 atom stereocenters. The highest BCUT2D eigenvalue weighted by molar-refractivity contribution is 7.22. The van der Waals surface area contributed by atoms with E-state index in [1.54, 1.807) is 12.5 Å². The fourth-order valence-corrected chi connectivity index (χ4v) is 4.17. The number of hydrogen-bond donors (Lipinski definition) is 0. The molecule has 0 bridgehead atoms. The van der Waals surface area contributed by atoms with Gasteiger partial charge in [0.15, 0.2) is 5.13 Å². The molecule has 3 aromatic rings. The van der Waals surface area contributed by atoms with Gasteiger partial charge in [0.05, 0.1) is 22.1 Å². The van der Waals surface area contributed by atoms with E-state index in [4.69, 9.17) is 0 Å². The van der Waals surface area contributed by atoms with Crippen molar-refractivity contribution in [3.05, 3.63) is 42.5 Å². The highest BCUT2D eigenvalue weighted by Crippen LogP contribution is 2.37. The first-order chi connectivity index (χ1) is 11.5. The molecule has 3 heterocycles. The van der Waals surface area contributed by atoms with Crippen LogP contribution in [0.2, 0.25) is 0 Å². The average Bonchev–Trinajstić information content (AvgIpc) is 3.25. The van der Waals surface area contributed by atoms with Gasteiger partial charge in [-0.3, -0.25) is 0 Å². The van der Waals surface area contributed by atoms with Gasteiger partial charge in [0.25, 0.3) is 0 Å². The number of rotatable bonds is 3. The van der Waals surface area contributed by atoms with Crippen LogP contribution in [-0.2, 0) is 12.7 Å². The zero-order valence-corrected chi connectivity index (χ0v) is 13.5. The van der Waals surface area contributed by atoms with Crippen LogP contribution >= 0.6 is 11.3 Å². The van der Waals surface area contributed by atoms with Crippen molar-refractivity contribution in [2.24, 2.45) is 0 Å². The topological polar surface area (TPSA) is 34.0 Å². The van der Waals surface area contributed by atoms with Gasteiger partial charge in [0, 0.05) is 31.5 Å². The van der Waals surface area contributed by atoms with Gasteiger partial charge in [-0.25, -0.2) is 9.97 Å². The maximum Gasteiger partial charge on any atom is 0.416 e. The van der Waals surface area contributed by atoms with Crippen LogP contribution in [-0.4, -0.2) is 27.1 Å². The van der Waals surface area contributed by atoms with E-state index in [0.29, 0.717) is 11.6 Å². The molecule has 0 saturated carbocycles. The highest BCUT2D eigenvalue weighted by Gasteiger charge is 2.31. The number of alkyl halides is 3. The van der Waals surface area contributed by atoms with Crippen LogP contribution in [0.15, 0.2) is 36.9 Å². The number of imidazole rings is 1. The van der Waals surface area contributed by atoms with Gasteiger partial charge in [-0.1, -0.05) is 11.3 Å². The third-order valence-electron chi connectivity index (χ3n) is 4.31. The maximum atomic E-state index is 12.9. The summed E-state index contributed by atoms with van der Waals surface area (Å²) in [7, 11) is 0. The molecule has 0 spiro atoms. The molecule has 4 rings (SSSR count). The van der Waals surface area contributed by atoms with Gasteiger partial charge in [0.1, 0.15) is 0 Å². The molecule has 1 saturated heterocycles. The van der Waals surface area contributed by atoms with Crippen LogP contribution in [0.1, 0.15) is 18.4 Å². The van der Waals surface area contributed by atoms with Crippen molar-refractivity contribution < 1.29 is 13.2 Å². The Bertz CT molecular complexity index is 841. The Hall–Kier alpha value is -2.09. The molecule has 8 heteroatoms. The Kier molecular flexibility index (Phi) is 3.71. The van der Waals surface area contributed by atoms with Crippen LogP contribution in [0.3, 0.4) is 0 Å². The van der Waals surface area contributed by atoms with E-state index in [0.717, 1.165) is 47.9 Å². The summed E-state index contributed by atoms with van der Waals surface area (Å²) in [6.07, 6.45) is 3.21. The van der Waals surface area contributed by atoms with Crippen molar-refractivity contribution in [2.45, 2.75) is 31.6 Å². The van der Waals surface area contributed by atoms with Crippen LogP contribution in [0.25, 0.3) is 10.2 Å². The standard InChI is InChI=1S/C16H15F3N4S/c17-16(18,19)11-3-4-14-13(8-11)21-15(24-14)23-6-1-2-12(23)9-22-7-5-20-10-22/h3-5,7-8,10,12H,1-2,6,9H2. The smallest absolute Gasteiger partial charge is 0.343 e. The molecular weight excluding hydrogens is 337 g/mol. The fourth-order valence-electron chi connectivity index (χ4n) is 3.13. The first-order valence-electron chi connectivity index (χ1n) is 7.71. The normalized spacial score (nSPS) is 18.6. The molecule has 2 aromatic heterocycles. The third kappa shape index (κ3) is 2.86. The van der Waals surface area contributed by atoms with Gasteiger partial charge in [-0.05, 0) is 31.0 Å².